The molecule has 3 N–H and O–H groups in total. The summed E-state index contributed by atoms with van der Waals surface area (Å²) in [4.78, 5) is 4.39. The van der Waals surface area contributed by atoms with Gasteiger partial charge in [-0.3, -0.25) is 0 Å². The van der Waals surface area contributed by atoms with Gasteiger partial charge in [-0.1, -0.05) is 0 Å². The Hall–Kier alpha value is -2.21. The van der Waals surface area contributed by atoms with Crippen molar-refractivity contribution in [3.8, 4) is 11.5 Å². The number of ether oxygens (including phenoxy) is 1. The Balaban J connectivity index is 2.00. The lowest BCUT2D eigenvalue weighted by Gasteiger charge is -2.32. The van der Waals surface area contributed by atoms with Crippen LogP contribution in [0.25, 0.3) is 0 Å². The molecule has 1 fully saturated rings. The van der Waals surface area contributed by atoms with Crippen molar-refractivity contribution in [2.24, 2.45) is 4.99 Å². The molecule has 1 heterocycles. The minimum absolute atomic E-state index is 0.0658. The highest BCUT2D eigenvalue weighted by Crippen LogP contribution is 2.29. The minimum atomic E-state index is -5.30. The summed E-state index contributed by atoms with van der Waals surface area (Å²) < 4.78 is 66.6. The maximum Gasteiger partial charge on any atom is 0.511 e. The van der Waals surface area contributed by atoms with Gasteiger partial charge in [0.2, 0.25) is 0 Å². The van der Waals surface area contributed by atoms with E-state index in [0.29, 0.717) is 28.1 Å². The van der Waals surface area contributed by atoms with Crippen LogP contribution in [0.1, 0.15) is 25.3 Å². The Bertz CT molecular complexity index is 822. The van der Waals surface area contributed by atoms with Crippen LogP contribution in [0.3, 0.4) is 0 Å². The van der Waals surface area contributed by atoms with Crippen LogP contribution >= 0.6 is 0 Å². The van der Waals surface area contributed by atoms with Gasteiger partial charge in [0.1, 0.15) is 11.5 Å². The van der Waals surface area contributed by atoms with Gasteiger partial charge in [-0.05, 0) is 38.0 Å². The van der Waals surface area contributed by atoms with Crippen LogP contribution in [0.15, 0.2) is 23.2 Å². The average molecular weight is 438 g/mol. The van der Waals surface area contributed by atoms with E-state index in [1.54, 1.807) is 12.1 Å². The first kappa shape index (κ1) is 23.1. The summed E-state index contributed by atoms with van der Waals surface area (Å²) in [6.07, 6.45) is 0.425. The molecular formula is C17H25F3N4O4S. The topological polar surface area (TPSA) is 103 Å². The summed E-state index contributed by atoms with van der Waals surface area (Å²) in [5.41, 5.74) is -4.74. The number of piperidine rings is 1. The number of benzene rings is 1. The van der Waals surface area contributed by atoms with Crippen LogP contribution in [0.2, 0.25) is 0 Å². The quantitative estimate of drug-likeness (QED) is 0.462. The van der Waals surface area contributed by atoms with E-state index in [2.05, 4.69) is 15.6 Å². The van der Waals surface area contributed by atoms with E-state index in [0.717, 1.165) is 0 Å². The van der Waals surface area contributed by atoms with Gasteiger partial charge in [0.15, 0.2) is 5.96 Å². The Morgan fingerprint density at radius 1 is 1.34 bits per heavy atom. The fourth-order valence-electron chi connectivity index (χ4n) is 2.88. The molecule has 1 aliphatic rings. The molecule has 0 saturated carbocycles. The fraction of sp³-hybridized carbons (Fsp3) is 0.588. The molecule has 8 nitrogen and oxygen atoms in total. The van der Waals surface area contributed by atoms with Gasteiger partial charge in [0.05, 0.1) is 13.7 Å². The number of phenolic OH excluding ortho intramolecular Hbond substituents is 1. The van der Waals surface area contributed by atoms with Crippen molar-refractivity contribution in [1.82, 2.24) is 14.9 Å². The highest BCUT2D eigenvalue weighted by atomic mass is 32.2. The maximum atomic E-state index is 12.7. The van der Waals surface area contributed by atoms with E-state index in [1.165, 1.54) is 13.2 Å². The summed E-state index contributed by atoms with van der Waals surface area (Å²) in [5, 5.41) is 16.1. The number of nitrogens with one attached hydrogen (secondary N) is 2. The number of halogens is 3. The number of alkyl halides is 3. The lowest BCUT2D eigenvalue weighted by atomic mass is 10.1. The number of hydrogen-bond acceptors (Lipinski definition) is 5. The molecule has 29 heavy (non-hydrogen) atoms. The molecule has 0 amide bonds. The summed E-state index contributed by atoms with van der Waals surface area (Å²) in [6, 6.07) is 4.55. The first-order valence-corrected chi connectivity index (χ1v) is 10.5. The lowest BCUT2D eigenvalue weighted by Crippen LogP contribution is -2.51. The average Bonchev–Trinajstić information content (AvgIpc) is 2.67. The Morgan fingerprint density at radius 2 is 2.00 bits per heavy atom. The molecule has 0 bridgehead atoms. The molecular weight excluding hydrogens is 413 g/mol. The van der Waals surface area contributed by atoms with E-state index < -0.39 is 15.5 Å². The van der Waals surface area contributed by atoms with E-state index in [9.17, 15) is 26.7 Å². The molecule has 1 saturated heterocycles. The van der Waals surface area contributed by atoms with E-state index >= 15 is 0 Å². The molecule has 0 spiro atoms. The van der Waals surface area contributed by atoms with Crippen LogP contribution in [0, 0.1) is 0 Å². The monoisotopic (exact) mass is 438 g/mol. The Kier molecular flexibility index (Phi) is 7.58. The second-order valence-corrected chi connectivity index (χ2v) is 8.39. The predicted octanol–water partition coefficient (Wildman–Crippen LogP) is 1.77. The summed E-state index contributed by atoms with van der Waals surface area (Å²) in [6.45, 7) is 2.11. The van der Waals surface area contributed by atoms with Crippen LogP contribution in [0.4, 0.5) is 13.2 Å². The molecule has 1 aliphatic heterocycles. The van der Waals surface area contributed by atoms with Crippen LogP contribution in [0.5, 0.6) is 11.5 Å². The number of methoxy groups -OCH3 is 1. The SMILES string of the molecule is CCNC(=NCc1cc(OC)ccc1O)NC1CCN(S(=O)(=O)C(F)(F)F)CC1. The van der Waals surface area contributed by atoms with Crippen molar-refractivity contribution < 1.29 is 31.4 Å². The zero-order chi connectivity index (χ0) is 21.7. The third-order valence-electron chi connectivity index (χ3n) is 4.47. The van der Waals surface area contributed by atoms with Crippen LogP contribution < -0.4 is 15.4 Å². The number of guanidine groups is 1. The second-order valence-electron chi connectivity index (χ2n) is 6.46. The molecule has 164 valence electrons. The zero-order valence-electron chi connectivity index (χ0n) is 16.2. The molecule has 12 heteroatoms. The smallest absolute Gasteiger partial charge is 0.508 e. The highest BCUT2D eigenvalue weighted by molar-refractivity contribution is 7.90. The standard InChI is InChI=1S/C17H25F3N4O4S/c1-3-21-16(22-11-12-10-14(28-2)4-5-15(12)25)23-13-6-8-24(9-7-13)29(26,27)17(18,19)20/h4-5,10,13,25H,3,6-9,11H2,1-2H3,(H2,21,22,23). The first-order chi connectivity index (χ1) is 13.6. The molecule has 0 atom stereocenters. The van der Waals surface area contributed by atoms with Crippen molar-refractivity contribution in [3.05, 3.63) is 23.8 Å². The summed E-state index contributed by atoms with van der Waals surface area (Å²) >= 11 is 0. The molecule has 0 aliphatic carbocycles. The Labute approximate surface area is 167 Å². The largest absolute Gasteiger partial charge is 0.511 e. The summed E-state index contributed by atoms with van der Waals surface area (Å²) in [7, 11) is -3.79. The third-order valence-corrected chi connectivity index (χ3v) is 6.10. The normalized spacial score (nSPS) is 17.2. The third kappa shape index (κ3) is 5.89. The number of sulfonamides is 1. The first-order valence-electron chi connectivity index (χ1n) is 9.05. The van der Waals surface area contributed by atoms with E-state index in [1.807, 2.05) is 6.92 Å². The van der Waals surface area contributed by atoms with Gasteiger partial charge in [0.25, 0.3) is 0 Å². The number of phenols is 1. The van der Waals surface area contributed by atoms with Gasteiger partial charge in [-0.15, -0.1) is 0 Å². The van der Waals surface area contributed by atoms with Gasteiger partial charge in [-0.2, -0.15) is 17.5 Å². The van der Waals surface area contributed by atoms with Gasteiger partial charge >= 0.3 is 15.5 Å². The predicted molar refractivity (Wildman–Crippen MR) is 102 cm³/mol. The number of aliphatic imine (C=N–C) groups is 1. The van der Waals surface area contributed by atoms with E-state index in [-0.39, 0.29) is 44.3 Å². The van der Waals surface area contributed by atoms with Crippen LogP contribution in [-0.2, 0) is 16.6 Å². The maximum absolute atomic E-state index is 12.7. The van der Waals surface area contributed by atoms with Gasteiger partial charge < -0.3 is 20.5 Å². The fourth-order valence-corrected chi connectivity index (χ4v) is 3.86. The van der Waals surface area contributed by atoms with Crippen molar-refractivity contribution in [2.75, 3.05) is 26.7 Å². The van der Waals surface area contributed by atoms with Gasteiger partial charge in [-0.25, -0.2) is 13.4 Å². The number of nitrogens with zero attached hydrogens (tertiary/aromatic N) is 2. The number of aromatic hydroxyl groups is 1. The number of rotatable bonds is 6. The number of hydrogen-bond donors (Lipinski definition) is 3. The summed E-state index contributed by atoms with van der Waals surface area (Å²) in [5.74, 6) is 1.06. The second kappa shape index (κ2) is 9.53. The molecule has 1 aromatic carbocycles. The van der Waals surface area contributed by atoms with Crippen molar-refractivity contribution in [1.29, 1.82) is 0 Å². The zero-order valence-corrected chi connectivity index (χ0v) is 17.0. The van der Waals surface area contributed by atoms with E-state index in [4.69, 9.17) is 4.74 Å². The molecule has 0 aromatic heterocycles. The highest BCUT2D eigenvalue weighted by Gasteiger charge is 2.50. The van der Waals surface area contributed by atoms with Crippen LogP contribution in [-0.4, -0.2) is 62.1 Å². The van der Waals surface area contributed by atoms with Crippen molar-refractivity contribution in [2.45, 2.75) is 37.9 Å². The molecule has 1 aromatic rings. The molecule has 2 rings (SSSR count). The van der Waals surface area contributed by atoms with Gasteiger partial charge in [0, 0.05) is 31.2 Å². The lowest BCUT2D eigenvalue weighted by molar-refractivity contribution is -0.0494. The van der Waals surface area contributed by atoms with Crippen molar-refractivity contribution >= 4 is 16.0 Å². The minimum Gasteiger partial charge on any atom is -0.508 e. The van der Waals surface area contributed by atoms with Crippen molar-refractivity contribution in [3.63, 3.8) is 0 Å². The molecule has 0 radical (unpaired) electrons. The Morgan fingerprint density at radius 3 is 2.55 bits per heavy atom. The molecule has 0 unspecified atom stereocenters.